The van der Waals surface area contributed by atoms with E-state index in [1.807, 2.05) is 70.3 Å². The van der Waals surface area contributed by atoms with Crippen molar-refractivity contribution in [1.29, 1.82) is 0 Å². The molecule has 4 N–H and O–H groups in total. The van der Waals surface area contributed by atoms with Crippen molar-refractivity contribution in [2.45, 2.75) is 77.1 Å². The molecule has 3 atom stereocenters. The van der Waals surface area contributed by atoms with Crippen LogP contribution in [0.25, 0.3) is 0 Å². The topological polar surface area (TPSA) is 149 Å². The van der Waals surface area contributed by atoms with E-state index >= 15 is 0 Å². The van der Waals surface area contributed by atoms with Crippen molar-refractivity contribution in [3.63, 3.8) is 0 Å². The maximum absolute atomic E-state index is 14.1. The Morgan fingerprint density at radius 3 is 2.44 bits per heavy atom. The fraction of sp³-hybridized carbons (Fsp3) is 0.500. The zero-order valence-corrected chi connectivity index (χ0v) is 30.6. The monoisotopic (exact) mass is 718 g/mol. The number of nitrogen functional groups attached to an aromatic ring is 1. The molecule has 262 valence electrons. The average Bonchev–Trinajstić information content (AvgIpc) is 3.64. The predicted octanol–water partition coefficient (Wildman–Crippen LogP) is 4.64. The van der Waals surface area contributed by atoms with E-state index in [2.05, 4.69) is 10.3 Å². The molecule has 48 heavy (non-hydrogen) atoms. The molecule has 0 aliphatic carbocycles. The van der Waals surface area contributed by atoms with Crippen LogP contribution in [0.3, 0.4) is 0 Å². The molecule has 2 aromatic carbocycles. The van der Waals surface area contributed by atoms with Gasteiger partial charge in [0.25, 0.3) is 0 Å². The second-order valence-electron chi connectivity index (χ2n) is 12.9. The van der Waals surface area contributed by atoms with Crippen molar-refractivity contribution < 1.29 is 23.1 Å². The van der Waals surface area contributed by atoms with Gasteiger partial charge in [-0.05, 0) is 48.4 Å². The molecule has 0 unspecified atom stereocenters. The molecule has 0 saturated carbocycles. The normalized spacial score (nSPS) is 15.8. The van der Waals surface area contributed by atoms with Crippen molar-refractivity contribution in [2.24, 2.45) is 11.8 Å². The number of aliphatic hydroxyl groups is 1. The lowest BCUT2D eigenvalue weighted by Gasteiger charge is -2.34. The minimum absolute atomic E-state index is 0.0403. The largest absolute Gasteiger partial charge is 0.397 e. The number of carbonyl (C=O) groups is 2. The van der Waals surface area contributed by atoms with Crippen LogP contribution in [0.4, 0.5) is 10.5 Å². The summed E-state index contributed by atoms with van der Waals surface area (Å²) in [5.74, 6) is -0.709. The van der Waals surface area contributed by atoms with E-state index in [0.29, 0.717) is 19.6 Å². The highest BCUT2D eigenvalue weighted by Crippen LogP contribution is 2.26. The third kappa shape index (κ3) is 9.26. The number of hydrogen-bond donors (Lipinski definition) is 3. The van der Waals surface area contributed by atoms with Gasteiger partial charge in [0.2, 0.25) is 15.9 Å². The van der Waals surface area contributed by atoms with E-state index in [0.717, 1.165) is 22.7 Å². The molecular weight excluding hydrogens is 672 g/mol. The summed E-state index contributed by atoms with van der Waals surface area (Å²) in [6.07, 6.45) is -0.220. The SMILES string of the molecule is CCc1nc(CN2CCN([C@H](C(=O)N[C@@H](Cc3ccccc3)[C@@H](O)CN(CC(C)C)S(=O)(=O)c3ccc(Cl)c(N)c3)C(C)C)C2=O)cs1. The Balaban J connectivity index is 1.57. The fourth-order valence-electron chi connectivity index (χ4n) is 5.85. The van der Waals surface area contributed by atoms with Crippen LogP contribution < -0.4 is 11.1 Å². The number of thiazole rings is 1. The number of aryl methyl sites for hydroxylation is 1. The number of benzene rings is 2. The molecule has 1 saturated heterocycles. The summed E-state index contributed by atoms with van der Waals surface area (Å²) in [4.78, 5) is 35.5. The highest BCUT2D eigenvalue weighted by molar-refractivity contribution is 7.89. The number of rotatable bonds is 16. The third-order valence-corrected chi connectivity index (χ3v) is 11.5. The first-order valence-corrected chi connectivity index (χ1v) is 19.0. The van der Waals surface area contributed by atoms with E-state index in [1.54, 1.807) is 21.1 Å². The van der Waals surface area contributed by atoms with Crippen LogP contribution in [-0.4, -0.2) is 88.9 Å². The molecule has 1 aliphatic heterocycles. The summed E-state index contributed by atoms with van der Waals surface area (Å²) < 4.78 is 28.9. The van der Waals surface area contributed by atoms with Gasteiger partial charge in [-0.1, -0.05) is 76.6 Å². The summed E-state index contributed by atoms with van der Waals surface area (Å²) in [6.45, 7) is 10.6. The number of hydrogen-bond acceptors (Lipinski definition) is 8. The predicted molar refractivity (Wildman–Crippen MR) is 190 cm³/mol. The number of anilines is 1. The second kappa shape index (κ2) is 16.4. The molecule has 0 radical (unpaired) electrons. The summed E-state index contributed by atoms with van der Waals surface area (Å²) in [5.41, 5.74) is 7.74. The van der Waals surface area contributed by atoms with Gasteiger partial charge in [-0.25, -0.2) is 18.2 Å². The van der Waals surface area contributed by atoms with Crippen LogP contribution in [0.1, 0.15) is 50.9 Å². The van der Waals surface area contributed by atoms with E-state index < -0.39 is 34.1 Å². The molecule has 1 fully saturated rings. The van der Waals surface area contributed by atoms with Gasteiger partial charge in [-0.2, -0.15) is 4.31 Å². The van der Waals surface area contributed by atoms with Crippen molar-refractivity contribution in [3.05, 3.63) is 75.2 Å². The van der Waals surface area contributed by atoms with Crippen LogP contribution in [-0.2, 0) is 34.2 Å². The lowest BCUT2D eigenvalue weighted by atomic mass is 9.97. The van der Waals surface area contributed by atoms with Crippen LogP contribution in [0.15, 0.2) is 58.8 Å². The highest BCUT2D eigenvalue weighted by Gasteiger charge is 2.40. The number of halogens is 1. The molecule has 3 amide bonds. The molecule has 3 aromatic rings. The van der Waals surface area contributed by atoms with Crippen molar-refractivity contribution >= 4 is 50.6 Å². The zero-order valence-electron chi connectivity index (χ0n) is 28.2. The minimum atomic E-state index is -4.09. The number of nitrogens with two attached hydrogens (primary N) is 1. The van der Waals surface area contributed by atoms with E-state index in [1.165, 1.54) is 22.5 Å². The average molecular weight is 719 g/mol. The molecule has 0 spiro atoms. The van der Waals surface area contributed by atoms with Crippen LogP contribution in [0, 0.1) is 11.8 Å². The lowest BCUT2D eigenvalue weighted by molar-refractivity contribution is -0.128. The highest BCUT2D eigenvalue weighted by atomic mass is 35.5. The fourth-order valence-corrected chi connectivity index (χ4v) is 8.37. The molecule has 14 heteroatoms. The first-order chi connectivity index (χ1) is 22.7. The van der Waals surface area contributed by atoms with Gasteiger partial charge in [0.15, 0.2) is 0 Å². The number of nitrogens with zero attached hydrogens (tertiary/aromatic N) is 4. The first-order valence-electron chi connectivity index (χ1n) is 16.3. The van der Waals surface area contributed by atoms with Crippen LogP contribution in [0.5, 0.6) is 0 Å². The Hall–Kier alpha value is -3.23. The quantitative estimate of drug-likeness (QED) is 0.183. The van der Waals surface area contributed by atoms with Gasteiger partial charge in [0.1, 0.15) is 6.04 Å². The molecule has 1 aliphatic rings. The maximum atomic E-state index is 14.1. The number of amides is 3. The zero-order chi connectivity index (χ0) is 35.2. The Morgan fingerprint density at radius 1 is 1.12 bits per heavy atom. The van der Waals surface area contributed by atoms with Crippen molar-refractivity contribution in [1.82, 2.24) is 24.4 Å². The second-order valence-corrected chi connectivity index (χ2v) is 16.2. The number of carbonyl (C=O) groups excluding carboxylic acids is 2. The van der Waals surface area contributed by atoms with Crippen molar-refractivity contribution in [2.75, 3.05) is 31.9 Å². The summed E-state index contributed by atoms with van der Waals surface area (Å²) in [5, 5.41) is 17.9. The van der Waals surface area contributed by atoms with Crippen LogP contribution >= 0.6 is 22.9 Å². The molecule has 4 rings (SSSR count). The van der Waals surface area contributed by atoms with Gasteiger partial charge in [0, 0.05) is 31.6 Å². The number of urea groups is 1. The van der Waals surface area contributed by atoms with Gasteiger partial charge in [0.05, 0.1) is 45.0 Å². The molecular formula is C34H47ClN6O5S2. The molecule has 0 bridgehead atoms. The number of nitrogens with one attached hydrogen (secondary N) is 1. The first kappa shape index (κ1) is 37.6. The molecule has 11 nitrogen and oxygen atoms in total. The summed E-state index contributed by atoms with van der Waals surface area (Å²) >= 11 is 7.62. The van der Waals surface area contributed by atoms with E-state index in [-0.39, 0.29) is 53.0 Å². The maximum Gasteiger partial charge on any atom is 0.321 e. The Bertz CT molecular complexity index is 1650. The van der Waals surface area contributed by atoms with Gasteiger partial charge < -0.3 is 26.0 Å². The minimum Gasteiger partial charge on any atom is -0.397 e. The lowest BCUT2D eigenvalue weighted by Crippen LogP contribution is -2.57. The van der Waals surface area contributed by atoms with Crippen molar-refractivity contribution in [3.8, 4) is 0 Å². The standard InChI is InChI=1S/C34H47ClN6O5S2/c1-6-31-37-25(21-47-31)19-39-14-15-41(34(39)44)32(23(4)5)33(43)38-29(16-24-10-8-7-9-11-24)30(42)20-40(18-22(2)3)48(45,46)26-12-13-27(35)28(36)17-26/h7-13,17,21-23,29-30,32,42H,6,14-16,18-20,36H2,1-5H3,(H,38,43)/t29-,30-,32-/m0/s1. The van der Waals surface area contributed by atoms with E-state index in [9.17, 15) is 23.1 Å². The smallest absolute Gasteiger partial charge is 0.321 e. The summed E-state index contributed by atoms with van der Waals surface area (Å²) in [6, 6.07) is 11.6. The Kier molecular flexibility index (Phi) is 12.9. The van der Waals surface area contributed by atoms with Gasteiger partial charge in [-0.3, -0.25) is 4.79 Å². The Morgan fingerprint density at radius 2 is 1.83 bits per heavy atom. The third-order valence-electron chi connectivity index (χ3n) is 8.27. The number of sulfonamides is 1. The van der Waals surface area contributed by atoms with Gasteiger partial charge >= 0.3 is 6.03 Å². The number of aromatic nitrogens is 1. The van der Waals surface area contributed by atoms with E-state index in [4.69, 9.17) is 17.3 Å². The molecule has 2 heterocycles. The summed E-state index contributed by atoms with van der Waals surface area (Å²) in [7, 11) is -4.09. The van der Waals surface area contributed by atoms with Gasteiger partial charge in [-0.15, -0.1) is 11.3 Å². The Labute approximate surface area is 293 Å². The number of aliphatic hydroxyl groups excluding tert-OH is 1. The van der Waals surface area contributed by atoms with Crippen LogP contribution in [0.2, 0.25) is 5.02 Å². The molecule has 1 aromatic heterocycles.